The van der Waals surface area contributed by atoms with Crippen molar-refractivity contribution in [3.8, 4) is 0 Å². The Labute approximate surface area is 136 Å². The summed E-state index contributed by atoms with van der Waals surface area (Å²) in [5, 5.41) is 0.813. The minimum absolute atomic E-state index is 0.0385. The average Bonchev–Trinajstić information content (AvgIpc) is 2.80. The van der Waals surface area contributed by atoms with Gasteiger partial charge in [-0.05, 0) is 50.1 Å². The third kappa shape index (κ3) is 2.82. The molecule has 0 saturated heterocycles. The third-order valence-electron chi connectivity index (χ3n) is 2.72. The van der Waals surface area contributed by atoms with Crippen molar-refractivity contribution in [1.29, 1.82) is 0 Å². The summed E-state index contributed by atoms with van der Waals surface area (Å²) in [6, 6.07) is 9.69. The molecule has 1 aromatic carbocycles. The van der Waals surface area contributed by atoms with Gasteiger partial charge in [0.2, 0.25) is 0 Å². The predicted octanol–water partition coefficient (Wildman–Crippen LogP) is 4.64. The van der Waals surface area contributed by atoms with Crippen LogP contribution < -0.4 is 0 Å². The molecule has 0 aliphatic heterocycles. The molecule has 0 saturated carbocycles. The summed E-state index contributed by atoms with van der Waals surface area (Å²) in [5.74, 6) is -0.0385. The molecule has 2 heterocycles. The molecule has 6 heteroatoms. The summed E-state index contributed by atoms with van der Waals surface area (Å²) < 4.78 is 2.62. The molecule has 0 aliphatic rings. The van der Waals surface area contributed by atoms with E-state index >= 15 is 0 Å². The van der Waals surface area contributed by atoms with Crippen molar-refractivity contribution in [2.45, 2.75) is 6.42 Å². The van der Waals surface area contributed by atoms with E-state index in [1.165, 1.54) is 0 Å². The van der Waals surface area contributed by atoms with Crippen LogP contribution in [0.1, 0.15) is 15.5 Å². The van der Waals surface area contributed by atoms with Crippen LogP contribution in [0.4, 0.5) is 0 Å². The first kappa shape index (κ1) is 13.9. The van der Waals surface area contributed by atoms with E-state index in [0.717, 1.165) is 19.7 Å². The van der Waals surface area contributed by atoms with E-state index in [4.69, 9.17) is 0 Å². The summed E-state index contributed by atoms with van der Waals surface area (Å²) in [5.41, 5.74) is 1.37. The maximum absolute atomic E-state index is 12.3. The zero-order valence-corrected chi connectivity index (χ0v) is 14.1. The quantitative estimate of drug-likeness (QED) is 0.589. The lowest BCUT2D eigenvalue weighted by Crippen LogP contribution is -2.06. The first-order valence-electron chi connectivity index (χ1n) is 5.82. The number of hydrogen-bond donors (Lipinski definition) is 0. The van der Waals surface area contributed by atoms with Crippen LogP contribution in [0.3, 0.4) is 0 Å². The van der Waals surface area contributed by atoms with Crippen LogP contribution in [0.2, 0.25) is 0 Å². The molecular weight excluding hydrogens is 404 g/mol. The Morgan fingerprint density at radius 1 is 1.25 bits per heavy atom. The second kappa shape index (κ2) is 5.71. The van der Waals surface area contributed by atoms with Crippen molar-refractivity contribution in [3.05, 3.63) is 56.2 Å². The minimum atomic E-state index is -0.0385. The van der Waals surface area contributed by atoms with E-state index in [0.29, 0.717) is 10.2 Å². The average molecular weight is 412 g/mol. The van der Waals surface area contributed by atoms with Crippen LogP contribution in [0, 0.1) is 0 Å². The molecule has 0 bridgehead atoms. The molecule has 0 fully saturated rings. The number of ketones is 1. The molecular formula is C14H8Br2N2OS. The van der Waals surface area contributed by atoms with Crippen LogP contribution in [0.5, 0.6) is 0 Å². The molecule has 0 atom stereocenters. The van der Waals surface area contributed by atoms with Gasteiger partial charge in [0.1, 0.15) is 10.7 Å². The summed E-state index contributed by atoms with van der Waals surface area (Å²) in [6.45, 7) is 0. The van der Waals surface area contributed by atoms with Crippen LogP contribution >= 0.6 is 43.2 Å². The van der Waals surface area contributed by atoms with Crippen molar-refractivity contribution >= 4 is 59.2 Å². The lowest BCUT2D eigenvalue weighted by molar-refractivity contribution is 0.0987. The fraction of sp³-hybridized carbons (Fsp3) is 0.0714. The molecule has 0 radical (unpaired) electrons. The highest BCUT2D eigenvalue weighted by Gasteiger charge is 2.15. The third-order valence-corrected chi connectivity index (χ3v) is 4.80. The SMILES string of the molecule is O=C(Cc1nc2ccccc2s1)c1ncc(Br)cc1Br. The van der Waals surface area contributed by atoms with Crippen LogP contribution in [-0.4, -0.2) is 15.8 Å². The van der Waals surface area contributed by atoms with E-state index in [1.54, 1.807) is 17.5 Å². The smallest absolute Gasteiger partial charge is 0.189 e. The van der Waals surface area contributed by atoms with E-state index < -0.39 is 0 Å². The molecule has 3 nitrogen and oxygen atoms in total. The van der Waals surface area contributed by atoms with Crippen molar-refractivity contribution in [2.24, 2.45) is 0 Å². The highest BCUT2D eigenvalue weighted by atomic mass is 79.9. The summed E-state index contributed by atoms with van der Waals surface area (Å²) in [4.78, 5) is 20.9. The minimum Gasteiger partial charge on any atom is -0.292 e. The van der Waals surface area contributed by atoms with E-state index in [2.05, 4.69) is 41.8 Å². The van der Waals surface area contributed by atoms with E-state index in [-0.39, 0.29) is 12.2 Å². The fourth-order valence-corrected chi connectivity index (χ4v) is 4.01. The molecule has 3 rings (SSSR count). The molecule has 0 amide bonds. The molecule has 0 unspecified atom stereocenters. The van der Waals surface area contributed by atoms with Gasteiger partial charge in [-0.15, -0.1) is 11.3 Å². The number of benzene rings is 1. The first-order valence-corrected chi connectivity index (χ1v) is 8.22. The maximum atomic E-state index is 12.3. The zero-order chi connectivity index (χ0) is 14.1. The Balaban J connectivity index is 1.88. The second-order valence-electron chi connectivity index (χ2n) is 4.16. The predicted molar refractivity (Wildman–Crippen MR) is 87.3 cm³/mol. The van der Waals surface area contributed by atoms with Crippen LogP contribution in [0.25, 0.3) is 10.2 Å². The number of carbonyl (C=O) groups is 1. The van der Waals surface area contributed by atoms with Crippen molar-refractivity contribution in [2.75, 3.05) is 0 Å². The molecule has 100 valence electrons. The molecule has 3 aromatic rings. The van der Waals surface area contributed by atoms with Gasteiger partial charge < -0.3 is 0 Å². The number of nitrogens with zero attached hydrogens (tertiary/aromatic N) is 2. The van der Waals surface area contributed by atoms with Gasteiger partial charge in [-0.1, -0.05) is 12.1 Å². The monoisotopic (exact) mass is 410 g/mol. The molecule has 0 N–H and O–H groups in total. The normalized spacial score (nSPS) is 10.9. The second-order valence-corrected chi connectivity index (χ2v) is 7.04. The van der Waals surface area contributed by atoms with Crippen molar-refractivity contribution in [3.63, 3.8) is 0 Å². The summed E-state index contributed by atoms with van der Waals surface area (Å²) >= 11 is 8.23. The van der Waals surface area contributed by atoms with Crippen LogP contribution in [-0.2, 0) is 6.42 Å². The van der Waals surface area contributed by atoms with Gasteiger partial charge in [0.05, 0.1) is 16.6 Å². The van der Waals surface area contributed by atoms with Gasteiger partial charge in [-0.25, -0.2) is 4.98 Å². The number of fused-ring (bicyclic) bond motifs is 1. The number of aromatic nitrogens is 2. The van der Waals surface area contributed by atoms with Gasteiger partial charge in [0, 0.05) is 15.1 Å². The lowest BCUT2D eigenvalue weighted by atomic mass is 10.2. The number of thiazole rings is 1. The number of Topliss-reactive ketones (excluding diaryl/α,β-unsaturated/α-hetero) is 1. The standard InChI is InChI=1S/C14H8Br2N2OS/c15-8-5-9(16)14(17-7-8)11(19)6-13-18-10-3-1-2-4-12(10)20-13/h1-5,7H,6H2. The largest absolute Gasteiger partial charge is 0.292 e. The Morgan fingerprint density at radius 3 is 2.80 bits per heavy atom. The number of halogens is 2. The zero-order valence-electron chi connectivity index (χ0n) is 10.1. The maximum Gasteiger partial charge on any atom is 0.189 e. The highest BCUT2D eigenvalue weighted by molar-refractivity contribution is 9.11. The molecule has 0 spiro atoms. The lowest BCUT2D eigenvalue weighted by Gasteiger charge is -2.01. The Hall–Kier alpha value is -1.11. The molecule has 0 aliphatic carbocycles. The van der Waals surface area contributed by atoms with Gasteiger partial charge in [-0.2, -0.15) is 0 Å². The fourth-order valence-electron chi connectivity index (χ4n) is 1.84. The van der Waals surface area contributed by atoms with E-state index in [9.17, 15) is 4.79 Å². The molecule has 2 aromatic heterocycles. The number of rotatable bonds is 3. The van der Waals surface area contributed by atoms with Crippen molar-refractivity contribution in [1.82, 2.24) is 9.97 Å². The Morgan fingerprint density at radius 2 is 2.05 bits per heavy atom. The number of hydrogen-bond acceptors (Lipinski definition) is 4. The van der Waals surface area contributed by atoms with Crippen molar-refractivity contribution < 1.29 is 4.79 Å². The molecule has 20 heavy (non-hydrogen) atoms. The number of para-hydroxylation sites is 1. The van der Waals surface area contributed by atoms with Gasteiger partial charge in [0.15, 0.2) is 5.78 Å². The topological polar surface area (TPSA) is 42.9 Å². The van der Waals surface area contributed by atoms with Gasteiger partial charge in [-0.3, -0.25) is 9.78 Å². The number of pyridine rings is 1. The Kier molecular flexibility index (Phi) is 3.96. The first-order chi connectivity index (χ1) is 9.63. The summed E-state index contributed by atoms with van der Waals surface area (Å²) in [7, 11) is 0. The highest BCUT2D eigenvalue weighted by Crippen LogP contribution is 2.24. The number of carbonyl (C=O) groups excluding carboxylic acids is 1. The van der Waals surface area contributed by atoms with E-state index in [1.807, 2.05) is 30.3 Å². The van der Waals surface area contributed by atoms with Crippen LogP contribution in [0.15, 0.2) is 45.5 Å². The van der Waals surface area contributed by atoms with Gasteiger partial charge >= 0.3 is 0 Å². The van der Waals surface area contributed by atoms with Gasteiger partial charge in [0.25, 0.3) is 0 Å². The Bertz CT molecular complexity index is 768. The summed E-state index contributed by atoms with van der Waals surface area (Å²) in [6.07, 6.45) is 1.89.